The Bertz CT molecular complexity index is 774. The maximum atomic E-state index is 12.5. The van der Waals surface area contributed by atoms with Crippen LogP contribution in [0.3, 0.4) is 0 Å². The number of benzene rings is 1. The largest absolute Gasteiger partial charge is 0.288 e. The predicted octanol–water partition coefficient (Wildman–Crippen LogP) is 2.51. The zero-order valence-corrected chi connectivity index (χ0v) is 10.8. The van der Waals surface area contributed by atoms with Crippen LogP contribution >= 0.6 is 0 Å². The molecule has 0 fully saturated rings. The van der Waals surface area contributed by atoms with Gasteiger partial charge < -0.3 is 0 Å². The summed E-state index contributed by atoms with van der Waals surface area (Å²) in [6, 6.07) is 9.37. The molecule has 94 valence electrons. The van der Waals surface area contributed by atoms with Crippen molar-refractivity contribution in [1.29, 1.82) is 0 Å². The van der Waals surface area contributed by atoms with Crippen molar-refractivity contribution >= 4 is 16.7 Å². The molecule has 0 N–H and O–H groups in total. The van der Waals surface area contributed by atoms with Crippen LogP contribution in [0.5, 0.6) is 0 Å². The van der Waals surface area contributed by atoms with Crippen molar-refractivity contribution in [2.45, 2.75) is 6.92 Å². The minimum Gasteiger partial charge on any atom is -0.288 e. The summed E-state index contributed by atoms with van der Waals surface area (Å²) in [7, 11) is 1.83. The third-order valence-corrected chi connectivity index (χ3v) is 3.35. The number of hydrogen-bond donors (Lipinski definition) is 0. The van der Waals surface area contributed by atoms with E-state index in [0.29, 0.717) is 11.1 Å². The summed E-state index contributed by atoms with van der Waals surface area (Å²) in [6.45, 7) is 1.89. The van der Waals surface area contributed by atoms with Gasteiger partial charge in [-0.25, -0.2) is 0 Å². The molecule has 4 nitrogen and oxygen atoms in total. The fourth-order valence-electron chi connectivity index (χ4n) is 2.09. The number of aryl methyl sites for hydroxylation is 1. The van der Waals surface area contributed by atoms with Crippen molar-refractivity contribution in [2.75, 3.05) is 0 Å². The van der Waals surface area contributed by atoms with Crippen molar-refractivity contribution < 1.29 is 4.79 Å². The molecule has 0 atom stereocenters. The molecular weight excluding hydrogens is 238 g/mol. The third-order valence-electron chi connectivity index (χ3n) is 3.35. The average Bonchev–Trinajstić information content (AvgIpc) is 2.78. The molecule has 0 unspecified atom stereocenters. The Labute approximate surface area is 110 Å². The number of nitrogens with zero attached hydrogens (tertiary/aromatic N) is 3. The maximum absolute atomic E-state index is 12.5. The van der Waals surface area contributed by atoms with Crippen molar-refractivity contribution in [3.8, 4) is 0 Å². The topological polar surface area (TPSA) is 47.8 Å². The van der Waals surface area contributed by atoms with Gasteiger partial charge in [-0.15, -0.1) is 0 Å². The smallest absolute Gasteiger partial charge is 0.196 e. The molecular formula is C15H13N3O. The van der Waals surface area contributed by atoms with Gasteiger partial charge in [0.15, 0.2) is 5.78 Å². The molecule has 0 amide bonds. The Balaban J connectivity index is 2.09. The van der Waals surface area contributed by atoms with E-state index < -0.39 is 0 Å². The van der Waals surface area contributed by atoms with Gasteiger partial charge in [0.2, 0.25) is 0 Å². The molecule has 2 aromatic heterocycles. The maximum Gasteiger partial charge on any atom is 0.196 e. The fourth-order valence-corrected chi connectivity index (χ4v) is 2.09. The van der Waals surface area contributed by atoms with Gasteiger partial charge in [-0.05, 0) is 31.2 Å². The highest BCUT2D eigenvalue weighted by Gasteiger charge is 2.15. The van der Waals surface area contributed by atoms with Crippen molar-refractivity contribution in [3.63, 3.8) is 0 Å². The van der Waals surface area contributed by atoms with E-state index in [0.717, 1.165) is 16.6 Å². The van der Waals surface area contributed by atoms with Gasteiger partial charge in [0.25, 0.3) is 0 Å². The highest BCUT2D eigenvalue weighted by atomic mass is 16.1. The third kappa shape index (κ3) is 1.91. The Morgan fingerprint density at radius 3 is 2.84 bits per heavy atom. The van der Waals surface area contributed by atoms with Crippen LogP contribution < -0.4 is 0 Å². The second kappa shape index (κ2) is 4.31. The lowest BCUT2D eigenvalue weighted by Gasteiger charge is -2.02. The summed E-state index contributed by atoms with van der Waals surface area (Å²) in [5.41, 5.74) is 3.07. The number of carbonyl (C=O) groups excluding carboxylic acids is 1. The summed E-state index contributed by atoms with van der Waals surface area (Å²) in [6.07, 6.45) is 3.36. The SMILES string of the molecule is Cc1c(C(=O)c2ccc3ncccc3c2)cnn1C. The highest BCUT2D eigenvalue weighted by Crippen LogP contribution is 2.18. The van der Waals surface area contributed by atoms with E-state index in [1.54, 1.807) is 17.1 Å². The molecule has 4 heteroatoms. The summed E-state index contributed by atoms with van der Waals surface area (Å²) >= 11 is 0. The molecule has 1 aromatic carbocycles. The van der Waals surface area contributed by atoms with E-state index >= 15 is 0 Å². The summed E-state index contributed by atoms with van der Waals surface area (Å²) in [5, 5.41) is 5.08. The van der Waals surface area contributed by atoms with Crippen LogP contribution in [0.1, 0.15) is 21.6 Å². The minimum atomic E-state index is -0.00338. The van der Waals surface area contributed by atoms with Crippen LogP contribution in [0.2, 0.25) is 0 Å². The first-order valence-corrected chi connectivity index (χ1v) is 6.05. The van der Waals surface area contributed by atoms with Crippen LogP contribution in [0, 0.1) is 6.92 Å². The molecule has 0 bridgehead atoms. The van der Waals surface area contributed by atoms with E-state index in [1.165, 1.54) is 0 Å². The Kier molecular flexibility index (Phi) is 2.63. The first-order chi connectivity index (χ1) is 9.16. The number of rotatable bonds is 2. The molecule has 3 rings (SSSR count). The average molecular weight is 251 g/mol. The lowest BCUT2D eigenvalue weighted by Crippen LogP contribution is -2.03. The van der Waals surface area contributed by atoms with Gasteiger partial charge in [0.1, 0.15) is 0 Å². The number of hydrogen-bond acceptors (Lipinski definition) is 3. The first-order valence-electron chi connectivity index (χ1n) is 6.05. The molecule has 0 saturated carbocycles. The normalized spacial score (nSPS) is 10.8. The zero-order valence-electron chi connectivity index (χ0n) is 10.8. The quantitative estimate of drug-likeness (QED) is 0.657. The van der Waals surface area contributed by atoms with Gasteiger partial charge in [-0.1, -0.05) is 6.07 Å². The van der Waals surface area contributed by atoms with Crippen LogP contribution in [0.25, 0.3) is 10.9 Å². The van der Waals surface area contributed by atoms with Gasteiger partial charge in [0, 0.05) is 29.9 Å². The van der Waals surface area contributed by atoms with Crippen molar-refractivity contribution in [2.24, 2.45) is 7.05 Å². The van der Waals surface area contributed by atoms with E-state index in [4.69, 9.17) is 0 Å². The van der Waals surface area contributed by atoms with E-state index in [9.17, 15) is 4.79 Å². The number of aromatic nitrogens is 3. The standard InChI is InChI=1S/C15H13N3O/c1-10-13(9-17-18(10)2)15(19)12-5-6-14-11(8-12)4-3-7-16-14/h3-9H,1-2H3. The molecule has 0 aliphatic carbocycles. The van der Waals surface area contributed by atoms with Crippen molar-refractivity contribution in [3.05, 3.63) is 59.5 Å². The van der Waals surface area contributed by atoms with Crippen LogP contribution in [0.15, 0.2) is 42.7 Å². The second-order valence-electron chi connectivity index (χ2n) is 4.51. The monoisotopic (exact) mass is 251 g/mol. The Morgan fingerprint density at radius 2 is 2.11 bits per heavy atom. The van der Waals surface area contributed by atoms with Gasteiger partial charge in [-0.2, -0.15) is 5.10 Å². The minimum absolute atomic E-state index is 0.00338. The summed E-state index contributed by atoms with van der Waals surface area (Å²) < 4.78 is 1.70. The van der Waals surface area contributed by atoms with E-state index in [1.807, 2.05) is 44.3 Å². The molecule has 3 aromatic rings. The zero-order chi connectivity index (χ0) is 13.4. The molecule has 0 radical (unpaired) electrons. The Morgan fingerprint density at radius 1 is 1.26 bits per heavy atom. The molecule has 2 heterocycles. The van der Waals surface area contributed by atoms with E-state index in [2.05, 4.69) is 10.1 Å². The lowest BCUT2D eigenvalue weighted by molar-refractivity contribution is 0.103. The van der Waals surface area contributed by atoms with Crippen LogP contribution in [-0.2, 0) is 7.05 Å². The number of fused-ring (bicyclic) bond motifs is 1. The molecule has 19 heavy (non-hydrogen) atoms. The van der Waals surface area contributed by atoms with Gasteiger partial charge in [-0.3, -0.25) is 14.5 Å². The number of pyridine rings is 1. The predicted molar refractivity (Wildman–Crippen MR) is 73.1 cm³/mol. The summed E-state index contributed by atoms with van der Waals surface area (Å²) in [5.74, 6) is -0.00338. The Hall–Kier alpha value is -2.49. The molecule has 0 spiro atoms. The highest BCUT2D eigenvalue weighted by molar-refractivity contribution is 6.11. The van der Waals surface area contributed by atoms with E-state index in [-0.39, 0.29) is 5.78 Å². The van der Waals surface area contributed by atoms with Crippen LogP contribution in [-0.4, -0.2) is 20.5 Å². The first kappa shape index (κ1) is 11.6. The van der Waals surface area contributed by atoms with Crippen LogP contribution in [0.4, 0.5) is 0 Å². The fraction of sp³-hybridized carbons (Fsp3) is 0.133. The van der Waals surface area contributed by atoms with Gasteiger partial charge in [0.05, 0.1) is 17.3 Å². The van der Waals surface area contributed by atoms with Crippen molar-refractivity contribution in [1.82, 2.24) is 14.8 Å². The number of ketones is 1. The van der Waals surface area contributed by atoms with Gasteiger partial charge >= 0.3 is 0 Å². The summed E-state index contributed by atoms with van der Waals surface area (Å²) in [4.78, 5) is 16.7. The number of carbonyl (C=O) groups is 1. The lowest BCUT2D eigenvalue weighted by atomic mass is 10.0. The molecule has 0 aliphatic rings. The molecule has 0 aliphatic heterocycles. The second-order valence-corrected chi connectivity index (χ2v) is 4.51. The molecule has 0 saturated heterocycles.